The van der Waals surface area contributed by atoms with E-state index < -0.39 is 0 Å². The van der Waals surface area contributed by atoms with Crippen molar-refractivity contribution in [2.45, 2.75) is 32.5 Å². The van der Waals surface area contributed by atoms with E-state index in [1.54, 1.807) is 6.20 Å². The fourth-order valence-electron chi connectivity index (χ4n) is 2.59. The van der Waals surface area contributed by atoms with Crippen LogP contribution in [-0.4, -0.2) is 21.4 Å². The van der Waals surface area contributed by atoms with Gasteiger partial charge in [-0.2, -0.15) is 0 Å². The minimum Gasteiger partial charge on any atom is -0.329 e. The Morgan fingerprint density at radius 3 is 3.00 bits per heavy atom. The van der Waals surface area contributed by atoms with Gasteiger partial charge in [0, 0.05) is 25.5 Å². The number of nitrogens with zero attached hydrogens (tertiary/aromatic N) is 2. The molecule has 0 saturated carbocycles. The van der Waals surface area contributed by atoms with Gasteiger partial charge in [-0.1, -0.05) is 24.3 Å². The zero-order valence-electron chi connectivity index (χ0n) is 11.0. The average molecular weight is 255 g/mol. The van der Waals surface area contributed by atoms with Crippen LogP contribution in [-0.2, 0) is 19.5 Å². The lowest BCUT2D eigenvalue weighted by molar-refractivity contribution is 0.0923. The highest BCUT2D eigenvalue weighted by atomic mass is 16.1. The summed E-state index contributed by atoms with van der Waals surface area (Å²) in [6, 6.07) is 8.10. The van der Waals surface area contributed by atoms with Crippen LogP contribution in [0.5, 0.6) is 0 Å². The summed E-state index contributed by atoms with van der Waals surface area (Å²) in [7, 11) is 0. The summed E-state index contributed by atoms with van der Waals surface area (Å²) in [5.41, 5.74) is 2.54. The van der Waals surface area contributed by atoms with Crippen LogP contribution >= 0.6 is 0 Å². The van der Waals surface area contributed by atoms with E-state index in [0.29, 0.717) is 5.82 Å². The maximum absolute atomic E-state index is 12.5. The van der Waals surface area contributed by atoms with E-state index in [9.17, 15) is 4.79 Å². The number of imidazole rings is 1. The Morgan fingerprint density at radius 2 is 2.21 bits per heavy atom. The number of hydrogen-bond acceptors (Lipinski definition) is 3. The van der Waals surface area contributed by atoms with Gasteiger partial charge in [-0.25, -0.2) is 4.98 Å². The van der Waals surface area contributed by atoms with Gasteiger partial charge in [-0.05, 0) is 24.5 Å². The first-order valence-electron chi connectivity index (χ1n) is 6.65. The molecule has 0 fully saturated rings. The fourth-order valence-corrected chi connectivity index (χ4v) is 2.59. The average Bonchev–Trinajstić information content (AvgIpc) is 2.94. The first-order valence-corrected chi connectivity index (χ1v) is 6.65. The first-order chi connectivity index (χ1) is 9.29. The molecule has 4 nitrogen and oxygen atoms in total. The van der Waals surface area contributed by atoms with Crippen molar-refractivity contribution < 1.29 is 4.79 Å². The molecule has 1 aromatic heterocycles. The Hall–Kier alpha value is -1.94. The number of Topliss-reactive ketones (excluding diaryl/α,β-unsaturated/α-hetero) is 1. The van der Waals surface area contributed by atoms with Crippen molar-refractivity contribution in [2.75, 3.05) is 0 Å². The molecule has 0 spiro atoms. The van der Waals surface area contributed by atoms with Crippen LogP contribution in [0.4, 0.5) is 0 Å². The Labute approximate surface area is 112 Å². The molecule has 0 amide bonds. The SMILES string of the molecule is CCn1ccnc1C(=O)C1Cc2ccccc2CN1. The minimum atomic E-state index is -0.164. The summed E-state index contributed by atoms with van der Waals surface area (Å²) in [5.74, 6) is 0.640. The standard InChI is InChI=1S/C15H17N3O/c1-2-18-8-7-16-15(18)14(19)13-9-11-5-3-4-6-12(11)10-17-13/h3-8,13,17H,2,9-10H2,1H3. The lowest BCUT2D eigenvalue weighted by atomic mass is 9.93. The molecule has 1 N–H and O–H groups in total. The lowest BCUT2D eigenvalue weighted by Gasteiger charge is -2.24. The summed E-state index contributed by atoms with van der Waals surface area (Å²) in [5, 5.41) is 3.31. The number of hydrogen-bond donors (Lipinski definition) is 1. The summed E-state index contributed by atoms with van der Waals surface area (Å²) in [6.45, 7) is 3.53. The molecule has 1 atom stereocenters. The maximum Gasteiger partial charge on any atom is 0.215 e. The van der Waals surface area contributed by atoms with Crippen molar-refractivity contribution in [2.24, 2.45) is 0 Å². The van der Waals surface area contributed by atoms with Crippen LogP contribution in [0, 0.1) is 0 Å². The summed E-state index contributed by atoms with van der Waals surface area (Å²) in [4.78, 5) is 16.7. The Morgan fingerprint density at radius 1 is 1.42 bits per heavy atom. The number of carbonyl (C=O) groups is 1. The molecule has 2 aromatic rings. The Kier molecular flexibility index (Phi) is 3.17. The van der Waals surface area contributed by atoms with Gasteiger partial charge in [0.25, 0.3) is 0 Å². The molecule has 2 heterocycles. The van der Waals surface area contributed by atoms with Crippen molar-refractivity contribution in [3.63, 3.8) is 0 Å². The highest BCUT2D eigenvalue weighted by Gasteiger charge is 2.27. The van der Waals surface area contributed by atoms with Gasteiger partial charge in [-0.3, -0.25) is 4.79 Å². The van der Waals surface area contributed by atoms with Crippen LogP contribution in [0.3, 0.4) is 0 Å². The number of benzene rings is 1. The van der Waals surface area contributed by atoms with Gasteiger partial charge in [0.2, 0.25) is 5.78 Å². The number of aromatic nitrogens is 2. The molecule has 4 heteroatoms. The van der Waals surface area contributed by atoms with Crippen LogP contribution in [0.15, 0.2) is 36.7 Å². The van der Waals surface area contributed by atoms with Crippen LogP contribution < -0.4 is 5.32 Å². The molecule has 1 aromatic carbocycles. The third-order valence-electron chi connectivity index (χ3n) is 3.67. The number of rotatable bonds is 3. The van der Waals surface area contributed by atoms with Crippen molar-refractivity contribution in [3.05, 3.63) is 53.6 Å². The third kappa shape index (κ3) is 2.19. The number of nitrogens with one attached hydrogen (secondary N) is 1. The topological polar surface area (TPSA) is 46.9 Å². The first kappa shape index (κ1) is 12.1. The number of fused-ring (bicyclic) bond motifs is 1. The Bertz CT molecular complexity index is 603. The zero-order chi connectivity index (χ0) is 13.2. The quantitative estimate of drug-likeness (QED) is 0.851. The van der Waals surface area contributed by atoms with E-state index in [1.807, 2.05) is 29.8 Å². The largest absolute Gasteiger partial charge is 0.329 e. The van der Waals surface area contributed by atoms with Gasteiger partial charge in [0.15, 0.2) is 5.82 Å². The second-order valence-corrected chi connectivity index (χ2v) is 4.81. The molecule has 0 bridgehead atoms. The van der Waals surface area contributed by atoms with Crippen LogP contribution in [0.1, 0.15) is 28.7 Å². The van der Waals surface area contributed by atoms with Crippen LogP contribution in [0.2, 0.25) is 0 Å². The third-order valence-corrected chi connectivity index (χ3v) is 3.67. The molecule has 1 aliphatic rings. The second kappa shape index (κ2) is 4.97. The normalized spacial score (nSPS) is 18.1. The van der Waals surface area contributed by atoms with E-state index in [1.165, 1.54) is 11.1 Å². The van der Waals surface area contributed by atoms with Crippen molar-refractivity contribution in [3.8, 4) is 0 Å². The number of carbonyl (C=O) groups excluding carboxylic acids is 1. The number of aryl methyl sites for hydroxylation is 1. The van der Waals surface area contributed by atoms with Crippen molar-refractivity contribution in [1.82, 2.24) is 14.9 Å². The molecule has 1 aliphatic heterocycles. The molecule has 98 valence electrons. The van der Waals surface area contributed by atoms with E-state index in [-0.39, 0.29) is 11.8 Å². The maximum atomic E-state index is 12.5. The highest BCUT2D eigenvalue weighted by molar-refractivity contribution is 5.97. The van der Waals surface area contributed by atoms with Gasteiger partial charge >= 0.3 is 0 Å². The molecule has 19 heavy (non-hydrogen) atoms. The minimum absolute atomic E-state index is 0.0846. The van der Waals surface area contributed by atoms with Crippen molar-refractivity contribution in [1.29, 1.82) is 0 Å². The van der Waals surface area contributed by atoms with E-state index >= 15 is 0 Å². The monoisotopic (exact) mass is 255 g/mol. The second-order valence-electron chi connectivity index (χ2n) is 4.81. The lowest BCUT2D eigenvalue weighted by Crippen LogP contribution is -2.42. The van der Waals surface area contributed by atoms with E-state index in [4.69, 9.17) is 0 Å². The van der Waals surface area contributed by atoms with Gasteiger partial charge in [0.1, 0.15) is 0 Å². The molecule has 3 rings (SSSR count). The molecular formula is C15H17N3O. The molecule has 0 saturated heterocycles. The van der Waals surface area contributed by atoms with Gasteiger partial charge in [-0.15, -0.1) is 0 Å². The summed E-state index contributed by atoms with van der Waals surface area (Å²) in [6.07, 6.45) is 4.28. The fraction of sp³-hybridized carbons (Fsp3) is 0.333. The van der Waals surface area contributed by atoms with Crippen LogP contribution in [0.25, 0.3) is 0 Å². The predicted octanol–water partition coefficient (Wildman–Crippen LogP) is 1.80. The van der Waals surface area contributed by atoms with Gasteiger partial charge < -0.3 is 9.88 Å². The molecule has 0 radical (unpaired) electrons. The van der Waals surface area contributed by atoms with Crippen molar-refractivity contribution >= 4 is 5.78 Å². The van der Waals surface area contributed by atoms with E-state index in [2.05, 4.69) is 22.4 Å². The van der Waals surface area contributed by atoms with E-state index in [0.717, 1.165) is 19.5 Å². The number of ketones is 1. The van der Waals surface area contributed by atoms with Gasteiger partial charge in [0.05, 0.1) is 6.04 Å². The summed E-state index contributed by atoms with van der Waals surface area (Å²) >= 11 is 0. The molecule has 0 aliphatic carbocycles. The zero-order valence-corrected chi connectivity index (χ0v) is 11.0. The smallest absolute Gasteiger partial charge is 0.215 e. The molecule has 1 unspecified atom stereocenters. The summed E-state index contributed by atoms with van der Waals surface area (Å²) < 4.78 is 1.89. The predicted molar refractivity (Wildman–Crippen MR) is 73.0 cm³/mol. The highest BCUT2D eigenvalue weighted by Crippen LogP contribution is 2.18. The Balaban J connectivity index is 1.83. The molecular weight excluding hydrogens is 238 g/mol.